The third-order valence-electron chi connectivity index (χ3n) is 1.46. The van der Waals surface area contributed by atoms with Gasteiger partial charge in [0.15, 0.2) is 6.29 Å². The highest BCUT2D eigenvalue weighted by Crippen LogP contribution is 2.29. The highest BCUT2D eigenvalue weighted by Gasteiger charge is 2.33. The van der Waals surface area contributed by atoms with Crippen molar-refractivity contribution < 1.29 is 23.1 Å². The van der Waals surface area contributed by atoms with E-state index in [1.807, 2.05) is 0 Å². The molecule has 1 aromatic carbocycles. The Morgan fingerprint density at radius 3 is 2.46 bits per heavy atom. The molecule has 0 atom stereocenters. The summed E-state index contributed by atoms with van der Waals surface area (Å²) >= 11 is 0. The topological polar surface area (TPSA) is 37.3 Å². The van der Waals surface area contributed by atoms with Gasteiger partial charge >= 0.3 is 5.92 Å². The van der Waals surface area contributed by atoms with E-state index in [0.29, 0.717) is 12.1 Å². The normalized spacial score (nSPS) is 11.3. The van der Waals surface area contributed by atoms with E-state index in [2.05, 4.69) is 0 Å². The SMILES string of the molecule is O=CC(F)(F)c1ccc(O)cc1F. The molecule has 5 heteroatoms. The number of hydrogen-bond acceptors (Lipinski definition) is 2. The van der Waals surface area contributed by atoms with Crippen LogP contribution in [0.5, 0.6) is 5.75 Å². The number of rotatable bonds is 2. The molecule has 1 aromatic rings. The quantitative estimate of drug-likeness (QED) is 0.722. The largest absolute Gasteiger partial charge is 0.508 e. The Morgan fingerprint density at radius 1 is 1.38 bits per heavy atom. The van der Waals surface area contributed by atoms with Crippen LogP contribution < -0.4 is 0 Å². The maximum atomic E-state index is 12.7. The van der Waals surface area contributed by atoms with Crippen LogP contribution in [0, 0.1) is 5.82 Å². The predicted octanol–water partition coefficient (Wildman–Crippen LogP) is 1.82. The summed E-state index contributed by atoms with van der Waals surface area (Å²) < 4.78 is 37.9. The fraction of sp³-hybridized carbons (Fsp3) is 0.125. The molecule has 0 aromatic heterocycles. The van der Waals surface area contributed by atoms with Crippen molar-refractivity contribution in [2.45, 2.75) is 5.92 Å². The molecule has 70 valence electrons. The Bertz CT molecular complexity index is 336. The molecule has 0 amide bonds. The van der Waals surface area contributed by atoms with E-state index in [0.717, 1.165) is 6.07 Å². The number of phenolic OH excluding ortho intramolecular Hbond substituents is 1. The first kappa shape index (κ1) is 9.57. The maximum Gasteiger partial charge on any atom is 0.330 e. The van der Waals surface area contributed by atoms with Gasteiger partial charge in [-0.15, -0.1) is 0 Å². The van der Waals surface area contributed by atoms with Gasteiger partial charge in [0, 0.05) is 6.07 Å². The Kier molecular flexibility index (Phi) is 2.27. The maximum absolute atomic E-state index is 12.7. The van der Waals surface area contributed by atoms with Crippen molar-refractivity contribution in [3.63, 3.8) is 0 Å². The minimum atomic E-state index is -3.85. The molecule has 0 heterocycles. The lowest BCUT2D eigenvalue weighted by molar-refractivity contribution is -0.130. The molecule has 0 saturated heterocycles. The van der Waals surface area contributed by atoms with Crippen molar-refractivity contribution in [2.75, 3.05) is 0 Å². The zero-order valence-electron chi connectivity index (χ0n) is 6.30. The number of aldehydes is 1. The molecule has 0 aliphatic carbocycles. The van der Waals surface area contributed by atoms with E-state index >= 15 is 0 Å². The average molecular weight is 190 g/mol. The van der Waals surface area contributed by atoms with Crippen LogP contribution in [0.4, 0.5) is 13.2 Å². The van der Waals surface area contributed by atoms with Crippen LogP contribution in [0.1, 0.15) is 5.56 Å². The number of halogens is 3. The lowest BCUT2D eigenvalue weighted by Crippen LogP contribution is -2.16. The first-order valence-corrected chi connectivity index (χ1v) is 3.30. The van der Waals surface area contributed by atoms with E-state index in [4.69, 9.17) is 5.11 Å². The van der Waals surface area contributed by atoms with Gasteiger partial charge in [-0.3, -0.25) is 4.79 Å². The highest BCUT2D eigenvalue weighted by molar-refractivity contribution is 5.63. The van der Waals surface area contributed by atoms with Gasteiger partial charge in [-0.25, -0.2) is 4.39 Å². The second kappa shape index (κ2) is 3.08. The summed E-state index contributed by atoms with van der Waals surface area (Å²) in [5.41, 5.74) is -1.04. The van der Waals surface area contributed by atoms with Crippen LogP contribution >= 0.6 is 0 Å². The molecule has 0 aliphatic heterocycles. The molecule has 0 aliphatic rings. The fourth-order valence-electron chi connectivity index (χ4n) is 0.838. The summed E-state index contributed by atoms with van der Waals surface area (Å²) in [6.07, 6.45) is -0.650. The Balaban J connectivity index is 3.23. The molecular weight excluding hydrogens is 185 g/mol. The summed E-state index contributed by atoms with van der Waals surface area (Å²) in [5.74, 6) is -5.63. The fourth-order valence-corrected chi connectivity index (χ4v) is 0.838. The van der Waals surface area contributed by atoms with Crippen LogP contribution in [0.3, 0.4) is 0 Å². The standard InChI is InChI=1S/C8H5F3O2/c9-7-3-5(13)1-2-6(7)8(10,11)4-12/h1-4,13H. The zero-order chi connectivity index (χ0) is 10.1. The lowest BCUT2D eigenvalue weighted by Gasteiger charge is -2.09. The van der Waals surface area contributed by atoms with Crippen LogP contribution in [0.25, 0.3) is 0 Å². The van der Waals surface area contributed by atoms with E-state index < -0.39 is 29.3 Å². The zero-order valence-corrected chi connectivity index (χ0v) is 6.30. The Labute approximate surface area is 71.6 Å². The Hall–Kier alpha value is -1.52. The minimum Gasteiger partial charge on any atom is -0.508 e. The van der Waals surface area contributed by atoms with E-state index in [9.17, 15) is 18.0 Å². The van der Waals surface area contributed by atoms with Gasteiger partial charge in [0.25, 0.3) is 0 Å². The van der Waals surface area contributed by atoms with Gasteiger partial charge in [-0.05, 0) is 12.1 Å². The number of aromatic hydroxyl groups is 1. The minimum absolute atomic E-state index is 0.469. The summed E-state index contributed by atoms with van der Waals surface area (Å²) in [7, 11) is 0. The monoisotopic (exact) mass is 190 g/mol. The second-order valence-corrected chi connectivity index (χ2v) is 2.40. The molecule has 0 radical (unpaired) electrons. The van der Waals surface area contributed by atoms with Gasteiger partial charge < -0.3 is 5.11 Å². The number of carbonyl (C=O) groups excluding carboxylic acids is 1. The number of carbonyl (C=O) groups is 1. The molecule has 1 rings (SSSR count). The summed E-state index contributed by atoms with van der Waals surface area (Å²) in [5, 5.41) is 8.70. The molecule has 0 spiro atoms. The van der Waals surface area contributed by atoms with E-state index in [1.165, 1.54) is 0 Å². The molecule has 0 saturated carbocycles. The van der Waals surface area contributed by atoms with Crippen molar-refractivity contribution >= 4 is 6.29 Å². The van der Waals surface area contributed by atoms with Gasteiger partial charge in [-0.2, -0.15) is 8.78 Å². The summed E-state index contributed by atoms with van der Waals surface area (Å²) in [6.45, 7) is 0. The molecule has 2 nitrogen and oxygen atoms in total. The number of alkyl halides is 2. The molecule has 0 fully saturated rings. The number of benzene rings is 1. The van der Waals surface area contributed by atoms with Crippen LogP contribution in [0.15, 0.2) is 18.2 Å². The number of phenols is 1. The van der Waals surface area contributed by atoms with Crippen LogP contribution in [-0.4, -0.2) is 11.4 Å². The average Bonchev–Trinajstić information content (AvgIpc) is 2.03. The first-order valence-electron chi connectivity index (χ1n) is 3.30. The van der Waals surface area contributed by atoms with Crippen molar-refractivity contribution in [3.05, 3.63) is 29.6 Å². The van der Waals surface area contributed by atoms with Crippen molar-refractivity contribution in [1.82, 2.24) is 0 Å². The van der Waals surface area contributed by atoms with E-state index in [-0.39, 0.29) is 0 Å². The Morgan fingerprint density at radius 2 is 2.00 bits per heavy atom. The highest BCUT2D eigenvalue weighted by atomic mass is 19.3. The van der Waals surface area contributed by atoms with E-state index in [1.54, 1.807) is 0 Å². The molecular formula is C8H5F3O2. The summed E-state index contributed by atoms with van der Waals surface area (Å²) in [6, 6.07) is 2.07. The van der Waals surface area contributed by atoms with Gasteiger partial charge in [-0.1, -0.05) is 0 Å². The smallest absolute Gasteiger partial charge is 0.330 e. The molecule has 0 unspecified atom stereocenters. The molecule has 0 bridgehead atoms. The first-order chi connectivity index (χ1) is 5.97. The third-order valence-corrected chi connectivity index (χ3v) is 1.46. The predicted molar refractivity (Wildman–Crippen MR) is 38.0 cm³/mol. The number of hydrogen-bond donors (Lipinski definition) is 1. The van der Waals surface area contributed by atoms with Gasteiger partial charge in [0.2, 0.25) is 0 Å². The van der Waals surface area contributed by atoms with Crippen LogP contribution in [0.2, 0.25) is 0 Å². The molecule has 1 N–H and O–H groups in total. The lowest BCUT2D eigenvalue weighted by atomic mass is 10.1. The third kappa shape index (κ3) is 1.80. The van der Waals surface area contributed by atoms with Crippen LogP contribution in [-0.2, 0) is 10.7 Å². The second-order valence-electron chi connectivity index (χ2n) is 2.40. The van der Waals surface area contributed by atoms with Gasteiger partial charge in [0.05, 0.1) is 5.56 Å². The van der Waals surface area contributed by atoms with Crippen molar-refractivity contribution in [2.24, 2.45) is 0 Å². The summed E-state index contributed by atoms with van der Waals surface area (Å²) in [4.78, 5) is 9.89. The van der Waals surface area contributed by atoms with Gasteiger partial charge in [0.1, 0.15) is 11.6 Å². The molecule has 13 heavy (non-hydrogen) atoms. The van der Waals surface area contributed by atoms with Crippen molar-refractivity contribution in [1.29, 1.82) is 0 Å². The van der Waals surface area contributed by atoms with Crippen molar-refractivity contribution in [3.8, 4) is 5.75 Å².